The van der Waals surface area contributed by atoms with Crippen molar-refractivity contribution < 1.29 is 14.6 Å². The van der Waals surface area contributed by atoms with E-state index < -0.39 is 5.60 Å². The van der Waals surface area contributed by atoms with Crippen LogP contribution in [0, 0.1) is 5.92 Å². The number of thioether (sulfide) groups is 1. The van der Waals surface area contributed by atoms with Gasteiger partial charge in [0.1, 0.15) is 5.60 Å². The summed E-state index contributed by atoms with van der Waals surface area (Å²) in [7, 11) is 0. The molecule has 2 aliphatic heterocycles. The van der Waals surface area contributed by atoms with Gasteiger partial charge in [-0.25, -0.2) is 0 Å². The zero-order valence-corrected chi connectivity index (χ0v) is 11.6. The summed E-state index contributed by atoms with van der Waals surface area (Å²) in [5.74, 6) is 2.31. The van der Waals surface area contributed by atoms with Crippen LogP contribution >= 0.6 is 11.8 Å². The van der Waals surface area contributed by atoms with Crippen molar-refractivity contribution in [2.45, 2.75) is 56.1 Å². The van der Waals surface area contributed by atoms with Crippen molar-refractivity contribution in [1.82, 2.24) is 0 Å². The quantitative estimate of drug-likeness (QED) is 0.835. The van der Waals surface area contributed by atoms with Crippen molar-refractivity contribution in [2.75, 3.05) is 18.1 Å². The van der Waals surface area contributed by atoms with Crippen LogP contribution in [-0.4, -0.2) is 40.2 Å². The molecule has 1 spiro atoms. The second-order valence-corrected chi connectivity index (χ2v) is 7.23. The van der Waals surface area contributed by atoms with E-state index in [1.165, 1.54) is 0 Å². The number of rotatable bonds is 2. The molecule has 1 saturated carbocycles. The lowest BCUT2D eigenvalue weighted by molar-refractivity contribution is -0.151. The molecule has 0 radical (unpaired) electrons. The smallest absolute Gasteiger partial charge is 0.167 e. The Labute approximate surface area is 113 Å². The van der Waals surface area contributed by atoms with Gasteiger partial charge in [0.2, 0.25) is 0 Å². The molecule has 3 fully saturated rings. The predicted octanol–water partition coefficient (Wildman–Crippen LogP) is 2.16. The number of carbonyl (C=O) groups is 1. The molecule has 2 heterocycles. The van der Waals surface area contributed by atoms with E-state index in [9.17, 15) is 9.90 Å². The predicted molar refractivity (Wildman–Crippen MR) is 71.8 cm³/mol. The van der Waals surface area contributed by atoms with E-state index in [1.54, 1.807) is 0 Å². The summed E-state index contributed by atoms with van der Waals surface area (Å²) in [5, 5.41) is 10.4. The highest BCUT2D eigenvalue weighted by Gasteiger charge is 2.48. The summed E-state index contributed by atoms with van der Waals surface area (Å²) in [6.45, 7) is 0.688. The summed E-state index contributed by atoms with van der Waals surface area (Å²) in [5.41, 5.74) is -1.06. The van der Waals surface area contributed by atoms with Crippen LogP contribution in [0.1, 0.15) is 44.9 Å². The number of ether oxygens (including phenoxy) is 1. The molecule has 0 bridgehead atoms. The molecule has 1 aliphatic carbocycles. The lowest BCUT2D eigenvalue weighted by Gasteiger charge is -2.39. The Kier molecular flexibility index (Phi) is 3.45. The maximum Gasteiger partial charge on any atom is 0.167 e. The van der Waals surface area contributed by atoms with Gasteiger partial charge in [0.25, 0.3) is 0 Å². The van der Waals surface area contributed by atoms with Crippen LogP contribution < -0.4 is 0 Å². The van der Waals surface area contributed by atoms with Gasteiger partial charge >= 0.3 is 0 Å². The molecule has 2 saturated heterocycles. The van der Waals surface area contributed by atoms with Crippen molar-refractivity contribution in [1.29, 1.82) is 0 Å². The Morgan fingerprint density at radius 3 is 2.72 bits per heavy atom. The van der Waals surface area contributed by atoms with E-state index in [1.807, 2.05) is 11.8 Å². The number of hydrogen-bond acceptors (Lipinski definition) is 4. The summed E-state index contributed by atoms with van der Waals surface area (Å²) < 4.78 is 5.95. The van der Waals surface area contributed by atoms with E-state index in [0.717, 1.165) is 43.6 Å². The molecule has 0 amide bonds. The monoisotopic (exact) mass is 270 g/mol. The summed E-state index contributed by atoms with van der Waals surface area (Å²) in [6.07, 6.45) is 6.03. The molecule has 4 heteroatoms. The standard InChI is InChI=1S/C14H22O3S/c15-12(14(16)4-1-2-5-14)11-3-7-17-13(9-11)6-8-18-10-13/h11,16H,1-10H2. The van der Waals surface area contributed by atoms with Crippen molar-refractivity contribution in [3.05, 3.63) is 0 Å². The second-order valence-electron chi connectivity index (χ2n) is 6.13. The molecule has 2 unspecified atom stereocenters. The summed E-state index contributed by atoms with van der Waals surface area (Å²) in [4.78, 5) is 12.5. The fraction of sp³-hybridized carbons (Fsp3) is 0.929. The van der Waals surface area contributed by atoms with Crippen molar-refractivity contribution >= 4 is 17.5 Å². The van der Waals surface area contributed by atoms with Crippen molar-refractivity contribution in [3.63, 3.8) is 0 Å². The first kappa shape index (κ1) is 12.9. The maximum absolute atomic E-state index is 12.5. The van der Waals surface area contributed by atoms with Gasteiger partial charge < -0.3 is 9.84 Å². The van der Waals surface area contributed by atoms with Crippen LogP contribution in [0.2, 0.25) is 0 Å². The average molecular weight is 270 g/mol. The minimum absolute atomic E-state index is 0.0283. The van der Waals surface area contributed by atoms with Gasteiger partial charge in [-0.05, 0) is 50.7 Å². The van der Waals surface area contributed by atoms with Gasteiger partial charge in [-0.1, -0.05) is 0 Å². The van der Waals surface area contributed by atoms with Gasteiger partial charge in [-0.3, -0.25) is 4.79 Å². The number of carbonyl (C=O) groups excluding carboxylic acids is 1. The maximum atomic E-state index is 12.5. The van der Waals surface area contributed by atoms with Crippen LogP contribution in [0.4, 0.5) is 0 Å². The lowest BCUT2D eigenvalue weighted by Crippen LogP contribution is -2.47. The first-order valence-electron chi connectivity index (χ1n) is 7.12. The van der Waals surface area contributed by atoms with Crippen LogP contribution in [0.3, 0.4) is 0 Å². The molecule has 0 aromatic heterocycles. The minimum atomic E-state index is -1.01. The number of aliphatic hydroxyl groups is 1. The fourth-order valence-electron chi connectivity index (χ4n) is 3.70. The van der Waals surface area contributed by atoms with E-state index >= 15 is 0 Å². The van der Waals surface area contributed by atoms with Gasteiger partial charge in [0.15, 0.2) is 5.78 Å². The molecule has 2 atom stereocenters. The Hall–Kier alpha value is -0.0600. The third kappa shape index (κ3) is 2.23. The van der Waals surface area contributed by atoms with E-state index in [2.05, 4.69) is 0 Å². The first-order valence-corrected chi connectivity index (χ1v) is 8.28. The molecular formula is C14H22O3S. The summed E-state index contributed by atoms with van der Waals surface area (Å²) >= 11 is 1.93. The third-order valence-corrected chi connectivity index (χ3v) is 6.04. The second kappa shape index (κ2) is 4.80. The SMILES string of the molecule is O=C(C1CCOC2(CCSC2)C1)C1(O)CCCC1. The lowest BCUT2D eigenvalue weighted by atomic mass is 9.77. The zero-order valence-electron chi connectivity index (χ0n) is 10.8. The average Bonchev–Trinajstić information content (AvgIpc) is 2.99. The molecule has 0 aromatic carbocycles. The minimum Gasteiger partial charge on any atom is -0.382 e. The van der Waals surface area contributed by atoms with Crippen LogP contribution in [0.5, 0.6) is 0 Å². The number of ketones is 1. The normalized spacial score (nSPS) is 39.3. The van der Waals surface area contributed by atoms with Crippen LogP contribution in [0.25, 0.3) is 0 Å². The highest BCUT2D eigenvalue weighted by atomic mass is 32.2. The molecule has 0 aromatic rings. The molecule has 3 nitrogen and oxygen atoms in total. The van der Waals surface area contributed by atoms with Crippen molar-refractivity contribution in [3.8, 4) is 0 Å². The molecule has 3 rings (SSSR count). The topological polar surface area (TPSA) is 46.5 Å². The molecule has 3 aliphatic rings. The Morgan fingerprint density at radius 1 is 1.28 bits per heavy atom. The number of Topliss-reactive ketones (excluding diaryl/α,β-unsaturated/α-hetero) is 1. The highest BCUT2D eigenvalue weighted by Crippen LogP contribution is 2.43. The van der Waals surface area contributed by atoms with E-state index in [-0.39, 0.29) is 17.3 Å². The van der Waals surface area contributed by atoms with E-state index in [0.29, 0.717) is 19.4 Å². The first-order chi connectivity index (χ1) is 8.64. The highest BCUT2D eigenvalue weighted by molar-refractivity contribution is 7.99. The van der Waals surface area contributed by atoms with Crippen molar-refractivity contribution in [2.24, 2.45) is 5.92 Å². The molecule has 1 N–H and O–H groups in total. The van der Waals surface area contributed by atoms with Crippen LogP contribution in [-0.2, 0) is 9.53 Å². The largest absolute Gasteiger partial charge is 0.382 e. The van der Waals surface area contributed by atoms with E-state index in [4.69, 9.17) is 4.74 Å². The Morgan fingerprint density at radius 2 is 2.06 bits per heavy atom. The Bertz CT molecular complexity index is 330. The summed E-state index contributed by atoms with van der Waals surface area (Å²) in [6, 6.07) is 0. The van der Waals surface area contributed by atoms with Gasteiger partial charge in [-0.2, -0.15) is 11.8 Å². The van der Waals surface area contributed by atoms with Gasteiger partial charge in [0, 0.05) is 18.3 Å². The number of hydrogen-bond donors (Lipinski definition) is 1. The molecular weight excluding hydrogens is 248 g/mol. The Balaban J connectivity index is 1.70. The van der Waals surface area contributed by atoms with Gasteiger partial charge in [-0.15, -0.1) is 0 Å². The van der Waals surface area contributed by atoms with Crippen LogP contribution in [0.15, 0.2) is 0 Å². The molecule has 102 valence electrons. The van der Waals surface area contributed by atoms with Gasteiger partial charge in [0.05, 0.1) is 5.60 Å². The zero-order chi connectivity index (χ0) is 12.6. The third-order valence-electron chi connectivity index (χ3n) is 4.82. The molecule has 18 heavy (non-hydrogen) atoms. The fourth-order valence-corrected chi connectivity index (χ4v) is 5.08.